The van der Waals surface area contributed by atoms with E-state index >= 15 is 0 Å². The number of aryl methyl sites for hydroxylation is 1. The zero-order chi connectivity index (χ0) is 11.9. The van der Waals surface area contributed by atoms with Crippen molar-refractivity contribution in [2.24, 2.45) is 0 Å². The average Bonchev–Trinajstić information content (AvgIpc) is 2.18. The lowest BCUT2D eigenvalue weighted by molar-refractivity contribution is 0.101. The van der Waals surface area contributed by atoms with E-state index in [0.29, 0.717) is 21.1 Å². The monoisotopic (exact) mass is 281 g/mol. The van der Waals surface area contributed by atoms with Gasteiger partial charge in [0.2, 0.25) is 0 Å². The Morgan fingerprint density at radius 3 is 2.69 bits per heavy atom. The summed E-state index contributed by atoms with van der Waals surface area (Å²) >= 11 is 3.21. The summed E-state index contributed by atoms with van der Waals surface area (Å²) in [6.45, 7) is 3.21. The Balaban J connectivity index is 2.95. The highest BCUT2D eigenvalue weighted by Crippen LogP contribution is 2.25. The van der Waals surface area contributed by atoms with E-state index in [1.165, 1.54) is 13.0 Å². The molecule has 4 heteroatoms. The van der Waals surface area contributed by atoms with Crippen molar-refractivity contribution in [1.29, 1.82) is 0 Å². The number of Topliss-reactive ketones (excluding diaryl/α,β-unsaturated/α-hetero) is 1. The minimum absolute atomic E-state index is 0.0898. The summed E-state index contributed by atoms with van der Waals surface area (Å²) in [7, 11) is 0. The lowest BCUT2D eigenvalue weighted by Gasteiger charge is -2.06. The zero-order valence-electron chi connectivity index (χ0n) is 8.84. The number of rotatable bonds is 1. The van der Waals surface area contributed by atoms with Crippen LogP contribution in [0.25, 0.3) is 10.9 Å². The molecule has 1 aromatic carbocycles. The molecule has 0 bridgehead atoms. The minimum Gasteiger partial charge on any atom is -0.294 e. The van der Waals surface area contributed by atoms with Gasteiger partial charge in [-0.3, -0.25) is 4.79 Å². The van der Waals surface area contributed by atoms with Crippen LogP contribution in [0.5, 0.6) is 0 Å². The summed E-state index contributed by atoms with van der Waals surface area (Å²) in [5.74, 6) is -0.511. The highest BCUT2D eigenvalue weighted by Gasteiger charge is 2.12. The molecule has 0 radical (unpaired) electrons. The SMILES string of the molecule is CC(=O)c1cc(C)nc2c(F)cc(Br)cc12. The Hall–Kier alpha value is -1.29. The average molecular weight is 282 g/mol. The maximum atomic E-state index is 13.7. The number of carbonyl (C=O) groups is 1. The molecule has 16 heavy (non-hydrogen) atoms. The molecule has 2 aromatic rings. The molecule has 0 atom stereocenters. The van der Waals surface area contributed by atoms with Gasteiger partial charge in [-0.2, -0.15) is 0 Å². The quantitative estimate of drug-likeness (QED) is 0.747. The first-order valence-electron chi connectivity index (χ1n) is 4.76. The smallest absolute Gasteiger partial charge is 0.160 e. The van der Waals surface area contributed by atoms with Gasteiger partial charge in [0, 0.05) is 21.1 Å². The number of pyridine rings is 1. The first-order chi connectivity index (χ1) is 7.49. The third kappa shape index (κ3) is 1.85. The lowest BCUT2D eigenvalue weighted by Crippen LogP contribution is -1.99. The lowest BCUT2D eigenvalue weighted by atomic mass is 10.0. The van der Waals surface area contributed by atoms with Crippen molar-refractivity contribution < 1.29 is 9.18 Å². The van der Waals surface area contributed by atoms with Crippen molar-refractivity contribution in [3.05, 3.63) is 39.7 Å². The third-order valence-corrected chi connectivity index (χ3v) is 2.80. The third-order valence-electron chi connectivity index (χ3n) is 2.34. The first kappa shape index (κ1) is 11.2. The fraction of sp³-hybridized carbons (Fsp3) is 0.167. The maximum absolute atomic E-state index is 13.7. The van der Waals surface area contributed by atoms with Crippen LogP contribution in [-0.4, -0.2) is 10.8 Å². The summed E-state index contributed by atoms with van der Waals surface area (Å²) in [6.07, 6.45) is 0. The number of aromatic nitrogens is 1. The van der Waals surface area contributed by atoms with Gasteiger partial charge in [-0.05, 0) is 32.0 Å². The molecule has 0 spiro atoms. The van der Waals surface area contributed by atoms with Gasteiger partial charge < -0.3 is 0 Å². The molecule has 0 fully saturated rings. The van der Waals surface area contributed by atoms with Gasteiger partial charge in [0.15, 0.2) is 11.6 Å². The summed E-state index contributed by atoms with van der Waals surface area (Å²) < 4.78 is 14.3. The van der Waals surface area contributed by atoms with Crippen molar-refractivity contribution >= 4 is 32.6 Å². The first-order valence-corrected chi connectivity index (χ1v) is 5.55. The second kappa shape index (κ2) is 3.94. The second-order valence-electron chi connectivity index (χ2n) is 3.65. The van der Waals surface area contributed by atoms with Crippen molar-refractivity contribution in [3.8, 4) is 0 Å². The van der Waals surface area contributed by atoms with Crippen LogP contribution in [0.15, 0.2) is 22.7 Å². The molecule has 0 aliphatic rings. The topological polar surface area (TPSA) is 30.0 Å². The number of carbonyl (C=O) groups excluding carboxylic acids is 1. The van der Waals surface area contributed by atoms with Gasteiger partial charge in [-0.1, -0.05) is 15.9 Å². The molecule has 1 aromatic heterocycles. The molecule has 0 aliphatic carbocycles. The van der Waals surface area contributed by atoms with E-state index in [4.69, 9.17) is 0 Å². The molecule has 0 N–H and O–H groups in total. The Morgan fingerprint density at radius 1 is 1.38 bits per heavy atom. The minimum atomic E-state index is -0.421. The van der Waals surface area contributed by atoms with Crippen molar-refractivity contribution in [2.45, 2.75) is 13.8 Å². The van der Waals surface area contributed by atoms with Crippen LogP contribution < -0.4 is 0 Å². The summed E-state index contributed by atoms with van der Waals surface area (Å²) in [6, 6.07) is 4.73. The predicted octanol–water partition coefficient (Wildman–Crippen LogP) is 3.65. The molecular weight excluding hydrogens is 273 g/mol. The summed E-state index contributed by atoms with van der Waals surface area (Å²) in [5, 5.41) is 0.546. The predicted molar refractivity (Wildman–Crippen MR) is 64.1 cm³/mol. The van der Waals surface area contributed by atoms with E-state index in [1.807, 2.05) is 0 Å². The van der Waals surface area contributed by atoms with E-state index in [9.17, 15) is 9.18 Å². The number of benzene rings is 1. The molecule has 0 amide bonds. The normalized spacial score (nSPS) is 10.8. The maximum Gasteiger partial charge on any atom is 0.160 e. The Morgan fingerprint density at radius 2 is 2.06 bits per heavy atom. The number of nitrogens with zero attached hydrogens (tertiary/aromatic N) is 1. The molecule has 1 heterocycles. The van der Waals surface area contributed by atoms with Crippen LogP contribution in [0.2, 0.25) is 0 Å². The van der Waals surface area contributed by atoms with E-state index < -0.39 is 5.82 Å². The number of halogens is 2. The Kier molecular flexibility index (Phi) is 2.76. The van der Waals surface area contributed by atoms with Gasteiger partial charge in [-0.25, -0.2) is 9.37 Å². The Labute approximate surface area is 101 Å². The van der Waals surface area contributed by atoms with Crippen molar-refractivity contribution in [2.75, 3.05) is 0 Å². The van der Waals surface area contributed by atoms with Gasteiger partial charge >= 0.3 is 0 Å². The standard InChI is InChI=1S/C12H9BrFNO/c1-6-3-9(7(2)16)10-4-8(13)5-11(14)12(10)15-6/h3-5H,1-2H3. The van der Waals surface area contributed by atoms with Gasteiger partial charge in [0.25, 0.3) is 0 Å². The number of ketones is 1. The zero-order valence-corrected chi connectivity index (χ0v) is 10.4. The van der Waals surface area contributed by atoms with E-state index in [2.05, 4.69) is 20.9 Å². The molecule has 0 unspecified atom stereocenters. The molecule has 2 nitrogen and oxygen atoms in total. The number of hydrogen-bond acceptors (Lipinski definition) is 2. The molecular formula is C12H9BrFNO. The van der Waals surface area contributed by atoms with Crippen molar-refractivity contribution in [3.63, 3.8) is 0 Å². The van der Waals surface area contributed by atoms with Crippen LogP contribution in [0.3, 0.4) is 0 Å². The number of hydrogen-bond donors (Lipinski definition) is 0. The molecule has 2 rings (SSSR count). The highest BCUT2D eigenvalue weighted by atomic mass is 79.9. The molecule has 0 saturated carbocycles. The van der Waals surface area contributed by atoms with Crippen LogP contribution in [0.1, 0.15) is 23.0 Å². The molecule has 82 valence electrons. The van der Waals surface area contributed by atoms with Crippen LogP contribution in [-0.2, 0) is 0 Å². The molecule has 0 aliphatic heterocycles. The number of fused-ring (bicyclic) bond motifs is 1. The van der Waals surface area contributed by atoms with Gasteiger partial charge in [0.1, 0.15) is 5.52 Å². The van der Waals surface area contributed by atoms with E-state index in [1.54, 1.807) is 19.1 Å². The largest absolute Gasteiger partial charge is 0.294 e. The van der Waals surface area contributed by atoms with Gasteiger partial charge in [-0.15, -0.1) is 0 Å². The summed E-state index contributed by atoms with van der Waals surface area (Å²) in [4.78, 5) is 15.6. The molecule has 0 saturated heterocycles. The van der Waals surface area contributed by atoms with Crippen LogP contribution in [0, 0.1) is 12.7 Å². The fourth-order valence-corrected chi connectivity index (χ4v) is 2.10. The fourth-order valence-electron chi connectivity index (χ4n) is 1.67. The Bertz CT molecular complexity index is 595. The van der Waals surface area contributed by atoms with Crippen LogP contribution in [0.4, 0.5) is 4.39 Å². The van der Waals surface area contributed by atoms with E-state index in [0.717, 1.165) is 0 Å². The highest BCUT2D eigenvalue weighted by molar-refractivity contribution is 9.10. The van der Waals surface area contributed by atoms with Crippen LogP contribution >= 0.6 is 15.9 Å². The van der Waals surface area contributed by atoms with Gasteiger partial charge in [0.05, 0.1) is 0 Å². The summed E-state index contributed by atoms with van der Waals surface area (Å²) in [5.41, 5.74) is 1.38. The van der Waals surface area contributed by atoms with E-state index in [-0.39, 0.29) is 11.3 Å². The second-order valence-corrected chi connectivity index (χ2v) is 4.57. The van der Waals surface area contributed by atoms with Crippen molar-refractivity contribution in [1.82, 2.24) is 4.98 Å².